The van der Waals surface area contributed by atoms with Gasteiger partial charge in [0.15, 0.2) is 0 Å². The summed E-state index contributed by atoms with van der Waals surface area (Å²) in [6.45, 7) is 4.18. The van der Waals surface area contributed by atoms with Crippen molar-refractivity contribution in [3.8, 4) is 0 Å². The highest BCUT2D eigenvalue weighted by Gasteiger charge is 2.13. The minimum atomic E-state index is 0.00183. The molecular formula is C16H16BrCl. The third kappa shape index (κ3) is 3.15. The highest BCUT2D eigenvalue weighted by Crippen LogP contribution is 2.32. The molecule has 0 radical (unpaired) electrons. The van der Waals surface area contributed by atoms with Crippen LogP contribution in [0.4, 0.5) is 0 Å². The molecule has 2 aromatic carbocycles. The molecule has 94 valence electrons. The van der Waals surface area contributed by atoms with E-state index in [2.05, 4.69) is 72.2 Å². The lowest BCUT2D eigenvalue weighted by molar-refractivity contribution is 0.911. The second-order valence-electron chi connectivity index (χ2n) is 4.64. The van der Waals surface area contributed by atoms with Crippen molar-refractivity contribution in [2.45, 2.75) is 25.6 Å². The Hall–Kier alpha value is -0.790. The van der Waals surface area contributed by atoms with Crippen molar-refractivity contribution in [3.63, 3.8) is 0 Å². The van der Waals surface area contributed by atoms with Crippen LogP contribution in [0.25, 0.3) is 0 Å². The largest absolute Gasteiger partial charge is 0.117 e. The van der Waals surface area contributed by atoms with Crippen molar-refractivity contribution < 1.29 is 0 Å². The fourth-order valence-electron chi connectivity index (χ4n) is 1.95. The minimum Gasteiger partial charge on any atom is -0.117 e. The first kappa shape index (κ1) is 13.6. The van der Waals surface area contributed by atoms with Crippen molar-refractivity contribution >= 4 is 27.5 Å². The van der Waals surface area contributed by atoms with Crippen LogP contribution in [0.5, 0.6) is 0 Å². The SMILES string of the molecule is Cc1ccc(CC(Cl)c2cccc(C)c2Br)cc1. The molecule has 2 rings (SSSR count). The molecule has 0 N–H and O–H groups in total. The monoisotopic (exact) mass is 322 g/mol. The van der Waals surface area contributed by atoms with Crippen LogP contribution in [0.1, 0.15) is 27.6 Å². The molecule has 2 heteroatoms. The first-order chi connectivity index (χ1) is 8.58. The smallest absolute Gasteiger partial charge is 0.0636 e. The number of halogens is 2. The number of rotatable bonds is 3. The predicted octanol–water partition coefficient (Wildman–Crippen LogP) is 5.59. The third-order valence-electron chi connectivity index (χ3n) is 3.09. The van der Waals surface area contributed by atoms with Gasteiger partial charge >= 0.3 is 0 Å². The van der Waals surface area contributed by atoms with Crippen molar-refractivity contribution in [1.82, 2.24) is 0 Å². The maximum atomic E-state index is 6.53. The zero-order valence-electron chi connectivity index (χ0n) is 10.6. The minimum absolute atomic E-state index is 0.00183. The van der Waals surface area contributed by atoms with Crippen molar-refractivity contribution in [1.29, 1.82) is 0 Å². The second-order valence-corrected chi connectivity index (χ2v) is 5.96. The average molecular weight is 324 g/mol. The lowest BCUT2D eigenvalue weighted by atomic mass is 10.0. The average Bonchev–Trinajstić information content (AvgIpc) is 2.35. The van der Waals surface area contributed by atoms with Gasteiger partial charge in [-0.05, 0) is 37.0 Å². The van der Waals surface area contributed by atoms with Gasteiger partial charge in [-0.2, -0.15) is 0 Å². The lowest BCUT2D eigenvalue weighted by Crippen LogP contribution is -1.98. The third-order valence-corrected chi connectivity index (χ3v) is 4.57. The van der Waals surface area contributed by atoms with Gasteiger partial charge in [0, 0.05) is 4.47 Å². The molecule has 0 fully saturated rings. The molecule has 0 aliphatic carbocycles. The van der Waals surface area contributed by atoms with Gasteiger partial charge in [-0.25, -0.2) is 0 Å². The van der Waals surface area contributed by atoms with Crippen LogP contribution in [0.3, 0.4) is 0 Å². The number of alkyl halides is 1. The van der Waals surface area contributed by atoms with E-state index < -0.39 is 0 Å². The van der Waals surface area contributed by atoms with E-state index in [9.17, 15) is 0 Å². The molecule has 0 aliphatic rings. The van der Waals surface area contributed by atoms with Gasteiger partial charge in [0.05, 0.1) is 5.38 Å². The number of aryl methyl sites for hydroxylation is 2. The standard InChI is InChI=1S/C16H16BrCl/c1-11-6-8-13(9-7-11)10-15(18)14-5-3-4-12(2)16(14)17/h3-9,15H,10H2,1-2H3. The molecule has 0 spiro atoms. The zero-order chi connectivity index (χ0) is 13.1. The Morgan fingerprint density at radius 2 is 1.72 bits per heavy atom. The maximum absolute atomic E-state index is 6.53. The molecule has 18 heavy (non-hydrogen) atoms. The summed E-state index contributed by atoms with van der Waals surface area (Å²) in [5.74, 6) is 0. The van der Waals surface area contributed by atoms with Crippen LogP contribution >= 0.6 is 27.5 Å². The Morgan fingerprint density at radius 3 is 2.39 bits per heavy atom. The predicted molar refractivity (Wildman–Crippen MR) is 82.4 cm³/mol. The van der Waals surface area contributed by atoms with Crippen molar-refractivity contribution in [2.24, 2.45) is 0 Å². The summed E-state index contributed by atoms with van der Waals surface area (Å²) in [5, 5.41) is 0.00183. The molecule has 0 saturated heterocycles. The van der Waals surface area contributed by atoms with Crippen LogP contribution in [0.15, 0.2) is 46.9 Å². The second kappa shape index (κ2) is 5.90. The summed E-state index contributed by atoms with van der Waals surface area (Å²) in [5.41, 5.74) is 4.94. The molecule has 0 aliphatic heterocycles. The molecule has 2 aromatic rings. The number of hydrogen-bond acceptors (Lipinski definition) is 0. The van der Waals surface area contributed by atoms with E-state index >= 15 is 0 Å². The first-order valence-electron chi connectivity index (χ1n) is 6.02. The lowest BCUT2D eigenvalue weighted by Gasteiger charge is -2.13. The van der Waals surface area contributed by atoms with E-state index in [0.29, 0.717) is 0 Å². The molecule has 0 aromatic heterocycles. The quantitative estimate of drug-likeness (QED) is 0.646. The normalized spacial score (nSPS) is 12.4. The van der Waals surface area contributed by atoms with Crippen molar-refractivity contribution in [2.75, 3.05) is 0 Å². The van der Waals surface area contributed by atoms with Crippen LogP contribution in [0, 0.1) is 13.8 Å². The highest BCUT2D eigenvalue weighted by molar-refractivity contribution is 9.10. The summed E-state index contributed by atoms with van der Waals surface area (Å²) in [4.78, 5) is 0. The van der Waals surface area contributed by atoms with E-state index in [1.165, 1.54) is 16.7 Å². The summed E-state index contributed by atoms with van der Waals surface area (Å²) < 4.78 is 1.12. The van der Waals surface area contributed by atoms with Crippen LogP contribution in [-0.2, 0) is 6.42 Å². The van der Waals surface area contributed by atoms with E-state index in [1.54, 1.807) is 0 Å². The molecule has 0 nitrogen and oxygen atoms in total. The summed E-state index contributed by atoms with van der Waals surface area (Å²) >= 11 is 10.1. The number of benzene rings is 2. The van der Waals surface area contributed by atoms with Gasteiger partial charge in [0.2, 0.25) is 0 Å². The van der Waals surface area contributed by atoms with E-state index in [0.717, 1.165) is 16.5 Å². The van der Waals surface area contributed by atoms with Gasteiger partial charge in [0.25, 0.3) is 0 Å². The summed E-state index contributed by atoms with van der Waals surface area (Å²) in [7, 11) is 0. The van der Waals surface area contributed by atoms with E-state index in [4.69, 9.17) is 11.6 Å². The Bertz CT molecular complexity index is 531. The van der Waals surface area contributed by atoms with Crippen LogP contribution < -0.4 is 0 Å². The van der Waals surface area contributed by atoms with Crippen LogP contribution in [0.2, 0.25) is 0 Å². The number of hydrogen-bond donors (Lipinski definition) is 0. The highest BCUT2D eigenvalue weighted by atomic mass is 79.9. The van der Waals surface area contributed by atoms with E-state index in [-0.39, 0.29) is 5.38 Å². The zero-order valence-corrected chi connectivity index (χ0v) is 12.9. The Balaban J connectivity index is 2.19. The topological polar surface area (TPSA) is 0 Å². The fourth-order valence-corrected chi connectivity index (χ4v) is 2.99. The van der Waals surface area contributed by atoms with Crippen molar-refractivity contribution in [3.05, 3.63) is 69.2 Å². The Morgan fingerprint density at radius 1 is 1.06 bits per heavy atom. The van der Waals surface area contributed by atoms with E-state index in [1.807, 2.05) is 0 Å². The van der Waals surface area contributed by atoms with Gasteiger partial charge < -0.3 is 0 Å². The van der Waals surface area contributed by atoms with Gasteiger partial charge in [0.1, 0.15) is 0 Å². The summed E-state index contributed by atoms with van der Waals surface area (Å²) in [6.07, 6.45) is 0.851. The Labute approximate surface area is 122 Å². The van der Waals surface area contributed by atoms with Gasteiger partial charge in [-0.1, -0.05) is 64.0 Å². The van der Waals surface area contributed by atoms with Gasteiger partial charge in [-0.3, -0.25) is 0 Å². The molecule has 0 amide bonds. The molecule has 0 heterocycles. The molecular weight excluding hydrogens is 308 g/mol. The molecule has 0 saturated carbocycles. The fraction of sp³-hybridized carbons (Fsp3) is 0.250. The molecule has 1 atom stereocenters. The molecule has 0 bridgehead atoms. The first-order valence-corrected chi connectivity index (χ1v) is 7.25. The summed E-state index contributed by atoms with van der Waals surface area (Å²) in [6, 6.07) is 14.8. The Kier molecular flexibility index (Phi) is 4.47. The van der Waals surface area contributed by atoms with Crippen LogP contribution in [-0.4, -0.2) is 0 Å². The van der Waals surface area contributed by atoms with Gasteiger partial charge in [-0.15, -0.1) is 11.6 Å². The maximum Gasteiger partial charge on any atom is 0.0636 e. The molecule has 1 unspecified atom stereocenters.